The summed E-state index contributed by atoms with van der Waals surface area (Å²) in [5.41, 5.74) is 4.92. The first kappa shape index (κ1) is 15.3. The van der Waals surface area contributed by atoms with Crippen molar-refractivity contribution in [2.24, 2.45) is 5.73 Å². The minimum absolute atomic E-state index is 0.146. The Morgan fingerprint density at radius 3 is 2.44 bits per heavy atom. The number of urea groups is 1. The van der Waals surface area contributed by atoms with Gasteiger partial charge in [0.15, 0.2) is 5.54 Å². The largest absolute Gasteiger partial charge is 0.369 e. The van der Waals surface area contributed by atoms with Gasteiger partial charge in [-0.25, -0.2) is 13.6 Å². The Kier molecular flexibility index (Phi) is 2.96. The smallest absolute Gasteiger partial charge is 0.322 e. The van der Waals surface area contributed by atoms with Gasteiger partial charge in [0.2, 0.25) is 5.91 Å². The number of nitrogens with one attached hydrogen (secondary N) is 2. The molecule has 6 nitrogen and oxygen atoms in total. The van der Waals surface area contributed by atoms with Crippen LogP contribution in [0.25, 0.3) is 11.1 Å². The number of carbonyl (C=O) groups excluding carboxylic acids is 3. The minimum atomic E-state index is -1.74. The van der Waals surface area contributed by atoms with Crippen molar-refractivity contribution in [2.45, 2.75) is 12.0 Å². The number of nitrogens with two attached hydrogens (primary N) is 1. The van der Waals surface area contributed by atoms with Crippen molar-refractivity contribution in [3.05, 3.63) is 58.7 Å². The maximum atomic E-state index is 14.2. The maximum Gasteiger partial charge on any atom is 0.322 e. The van der Waals surface area contributed by atoms with Gasteiger partial charge in [0.25, 0.3) is 5.91 Å². The zero-order valence-corrected chi connectivity index (χ0v) is 12.7. The first-order valence-electron chi connectivity index (χ1n) is 7.38. The topological polar surface area (TPSA) is 101 Å². The Morgan fingerprint density at radius 2 is 1.80 bits per heavy atom. The first-order chi connectivity index (χ1) is 11.8. The third-order valence-corrected chi connectivity index (χ3v) is 4.48. The fourth-order valence-electron chi connectivity index (χ4n) is 3.63. The molecule has 0 saturated carbocycles. The molecule has 0 aromatic heterocycles. The van der Waals surface area contributed by atoms with Gasteiger partial charge in [-0.2, -0.15) is 0 Å². The molecule has 25 heavy (non-hydrogen) atoms. The summed E-state index contributed by atoms with van der Waals surface area (Å²) in [5, 5.41) is 4.58. The summed E-state index contributed by atoms with van der Waals surface area (Å²) in [6, 6.07) is 5.21. The predicted octanol–water partition coefficient (Wildman–Crippen LogP) is 1.06. The summed E-state index contributed by atoms with van der Waals surface area (Å²) in [6.07, 6.45) is -0.261. The molecule has 4 N–H and O–H groups in total. The molecule has 2 aromatic carbocycles. The number of amides is 4. The van der Waals surface area contributed by atoms with Crippen LogP contribution in [0.3, 0.4) is 0 Å². The van der Waals surface area contributed by atoms with E-state index in [2.05, 4.69) is 10.6 Å². The molecule has 0 radical (unpaired) electrons. The maximum absolute atomic E-state index is 14.2. The van der Waals surface area contributed by atoms with Crippen LogP contribution in [0, 0.1) is 11.6 Å². The lowest BCUT2D eigenvalue weighted by atomic mass is 9.87. The highest BCUT2D eigenvalue weighted by Gasteiger charge is 2.55. The standard InChI is InChI=1S/C17H11F2N3O3/c18-8-1-2-10-11(5-8)17(15(24)21-16(25)22-17)12-6-9(19)3-7(14(10)12)4-13(20)23/h1-3,5-6H,4H2,(H2,20,23)(H2,21,22,24,25). The Morgan fingerprint density at radius 1 is 1.08 bits per heavy atom. The van der Waals surface area contributed by atoms with Crippen LogP contribution < -0.4 is 16.4 Å². The highest BCUT2D eigenvalue weighted by atomic mass is 19.1. The van der Waals surface area contributed by atoms with Crippen LogP contribution in [-0.4, -0.2) is 17.8 Å². The molecular formula is C17H11F2N3O3. The average Bonchev–Trinajstić information content (AvgIpc) is 2.95. The van der Waals surface area contributed by atoms with E-state index in [0.29, 0.717) is 11.1 Å². The number of halogens is 2. The summed E-state index contributed by atoms with van der Waals surface area (Å²) >= 11 is 0. The van der Waals surface area contributed by atoms with Gasteiger partial charge in [-0.3, -0.25) is 14.9 Å². The van der Waals surface area contributed by atoms with Gasteiger partial charge in [0, 0.05) is 11.1 Å². The summed E-state index contributed by atoms with van der Waals surface area (Å²) in [4.78, 5) is 35.7. The van der Waals surface area contributed by atoms with Gasteiger partial charge in [0.05, 0.1) is 6.42 Å². The molecule has 1 saturated heterocycles. The molecule has 4 rings (SSSR count). The van der Waals surface area contributed by atoms with E-state index >= 15 is 0 Å². The first-order valence-corrected chi connectivity index (χ1v) is 7.38. The lowest BCUT2D eigenvalue weighted by molar-refractivity contribution is -0.122. The van der Waals surface area contributed by atoms with E-state index in [1.807, 2.05) is 0 Å². The predicted molar refractivity (Wildman–Crippen MR) is 82.1 cm³/mol. The highest BCUT2D eigenvalue weighted by Crippen LogP contribution is 2.50. The number of benzene rings is 2. The number of carbonyl (C=O) groups is 3. The van der Waals surface area contributed by atoms with Crippen molar-refractivity contribution in [1.29, 1.82) is 0 Å². The number of rotatable bonds is 2. The Hall–Kier alpha value is -3.29. The summed E-state index contributed by atoms with van der Waals surface area (Å²) in [6.45, 7) is 0. The number of hydrogen-bond donors (Lipinski definition) is 3. The van der Waals surface area contributed by atoms with Crippen LogP contribution in [-0.2, 0) is 21.5 Å². The van der Waals surface area contributed by atoms with Crippen LogP contribution in [0.15, 0.2) is 30.3 Å². The van der Waals surface area contributed by atoms with E-state index < -0.39 is 35.0 Å². The van der Waals surface area contributed by atoms with Crippen molar-refractivity contribution in [2.75, 3.05) is 0 Å². The monoisotopic (exact) mass is 343 g/mol. The number of fused-ring (bicyclic) bond motifs is 5. The molecule has 0 bridgehead atoms. The lowest BCUT2D eigenvalue weighted by Gasteiger charge is -2.23. The minimum Gasteiger partial charge on any atom is -0.369 e. The van der Waals surface area contributed by atoms with Crippen LogP contribution >= 0.6 is 0 Å². The van der Waals surface area contributed by atoms with Gasteiger partial charge in [-0.1, -0.05) is 6.07 Å². The van der Waals surface area contributed by atoms with Crippen molar-refractivity contribution >= 4 is 17.8 Å². The molecule has 1 aliphatic heterocycles. The summed E-state index contributed by atoms with van der Waals surface area (Å²) < 4.78 is 28.0. The fourth-order valence-corrected chi connectivity index (χ4v) is 3.63. The third kappa shape index (κ3) is 1.97. The van der Waals surface area contributed by atoms with E-state index in [1.165, 1.54) is 12.1 Å². The Labute approximate surface area is 140 Å². The molecule has 8 heteroatoms. The zero-order chi connectivity index (χ0) is 17.9. The van der Waals surface area contributed by atoms with Crippen LogP contribution in [0.5, 0.6) is 0 Å². The highest BCUT2D eigenvalue weighted by molar-refractivity contribution is 6.13. The molecule has 4 amide bonds. The SMILES string of the molecule is NC(=O)Cc1cc(F)cc2c1-c1ccc(F)cc1C21NC(=O)NC1=O. The van der Waals surface area contributed by atoms with E-state index in [4.69, 9.17) is 5.73 Å². The summed E-state index contributed by atoms with van der Waals surface area (Å²) in [5.74, 6) is -2.73. The van der Waals surface area contributed by atoms with Crippen molar-refractivity contribution in [3.63, 3.8) is 0 Å². The van der Waals surface area contributed by atoms with Gasteiger partial charge in [-0.05, 0) is 41.0 Å². The van der Waals surface area contributed by atoms with Gasteiger partial charge in [-0.15, -0.1) is 0 Å². The molecule has 1 aliphatic carbocycles. The molecule has 2 aliphatic rings. The molecule has 1 heterocycles. The second kappa shape index (κ2) is 4.85. The second-order valence-corrected chi connectivity index (χ2v) is 5.98. The molecule has 2 aromatic rings. The van der Waals surface area contributed by atoms with Crippen molar-refractivity contribution < 1.29 is 23.2 Å². The Balaban J connectivity index is 2.11. The normalized spacial score (nSPS) is 20.2. The number of hydrogen-bond acceptors (Lipinski definition) is 3. The van der Waals surface area contributed by atoms with Gasteiger partial charge < -0.3 is 11.1 Å². The third-order valence-electron chi connectivity index (χ3n) is 4.48. The zero-order valence-electron chi connectivity index (χ0n) is 12.7. The molecular weight excluding hydrogens is 332 g/mol. The second-order valence-electron chi connectivity index (χ2n) is 5.98. The van der Waals surface area contributed by atoms with Crippen molar-refractivity contribution in [3.8, 4) is 11.1 Å². The van der Waals surface area contributed by atoms with E-state index in [0.717, 1.165) is 18.2 Å². The summed E-state index contributed by atoms with van der Waals surface area (Å²) in [7, 11) is 0. The lowest BCUT2D eigenvalue weighted by Crippen LogP contribution is -2.43. The molecule has 1 spiro atoms. The number of imide groups is 1. The molecule has 1 atom stereocenters. The van der Waals surface area contributed by atoms with E-state index in [-0.39, 0.29) is 23.1 Å². The van der Waals surface area contributed by atoms with Crippen LogP contribution in [0.2, 0.25) is 0 Å². The van der Waals surface area contributed by atoms with Gasteiger partial charge >= 0.3 is 6.03 Å². The number of primary amides is 1. The molecule has 126 valence electrons. The van der Waals surface area contributed by atoms with Crippen LogP contribution in [0.4, 0.5) is 13.6 Å². The van der Waals surface area contributed by atoms with E-state index in [9.17, 15) is 23.2 Å². The molecule has 1 unspecified atom stereocenters. The molecule has 1 fully saturated rings. The Bertz CT molecular complexity index is 989. The van der Waals surface area contributed by atoms with Crippen molar-refractivity contribution in [1.82, 2.24) is 10.6 Å². The quantitative estimate of drug-likeness (QED) is 0.711. The van der Waals surface area contributed by atoms with E-state index in [1.54, 1.807) is 0 Å². The van der Waals surface area contributed by atoms with Crippen LogP contribution in [0.1, 0.15) is 16.7 Å². The average molecular weight is 343 g/mol. The van der Waals surface area contributed by atoms with Gasteiger partial charge in [0.1, 0.15) is 11.6 Å². The fraction of sp³-hybridized carbons (Fsp3) is 0.118.